The molecule has 5 nitrogen and oxygen atoms in total. The molecule has 0 amide bonds. The van der Waals surface area contributed by atoms with Crippen LogP contribution in [0.3, 0.4) is 0 Å². The Hall–Kier alpha value is -2.57. The molecule has 0 aromatic heterocycles. The first-order valence-corrected chi connectivity index (χ1v) is 13.0. The van der Waals surface area contributed by atoms with E-state index >= 15 is 0 Å². The SMILES string of the molecule is CCN(CC)[P@]1(=Nc2cccc(C(F)(F)F)c2)/C(=C2\N(C)c3ccccc3C2(C)C)C=NN1C. The number of alkyl halides is 3. The first-order valence-electron chi connectivity index (χ1n) is 11.4. The normalized spacial score (nSPS) is 23.7. The minimum atomic E-state index is -4.43. The molecule has 182 valence electrons. The molecule has 0 N–H and O–H groups in total. The second-order valence-corrected chi connectivity index (χ2v) is 12.0. The van der Waals surface area contributed by atoms with Gasteiger partial charge in [0.15, 0.2) is 7.36 Å². The van der Waals surface area contributed by atoms with Crippen molar-refractivity contribution in [3.05, 3.63) is 70.7 Å². The minimum absolute atomic E-state index is 0.307. The average Bonchev–Trinajstić information content (AvgIpc) is 3.20. The van der Waals surface area contributed by atoms with Gasteiger partial charge in [0.25, 0.3) is 0 Å². The van der Waals surface area contributed by atoms with E-state index in [4.69, 9.17) is 4.74 Å². The Morgan fingerprint density at radius 3 is 2.32 bits per heavy atom. The number of rotatable bonds is 4. The highest BCUT2D eigenvalue weighted by Crippen LogP contribution is 2.69. The molecule has 2 aromatic carbocycles. The second-order valence-electron chi connectivity index (χ2n) is 9.02. The Kier molecular flexibility index (Phi) is 6.19. The molecule has 0 unspecified atom stereocenters. The highest BCUT2D eigenvalue weighted by atomic mass is 31.2. The number of allylic oxidation sites excluding steroid dienone is 2. The van der Waals surface area contributed by atoms with E-state index in [-0.39, 0.29) is 5.41 Å². The number of fused-ring (bicyclic) bond motifs is 1. The maximum atomic E-state index is 13.5. The van der Waals surface area contributed by atoms with Crippen molar-refractivity contribution in [2.24, 2.45) is 9.85 Å². The summed E-state index contributed by atoms with van der Waals surface area (Å²) in [4.78, 5) is 2.19. The van der Waals surface area contributed by atoms with Gasteiger partial charge in [0.2, 0.25) is 0 Å². The van der Waals surface area contributed by atoms with E-state index in [0.29, 0.717) is 18.8 Å². The lowest BCUT2D eigenvalue weighted by molar-refractivity contribution is -0.137. The Balaban J connectivity index is 2.05. The van der Waals surface area contributed by atoms with Crippen LogP contribution in [0.2, 0.25) is 0 Å². The average molecular weight is 490 g/mol. The van der Waals surface area contributed by atoms with Crippen molar-refractivity contribution in [3.63, 3.8) is 0 Å². The highest BCUT2D eigenvalue weighted by Gasteiger charge is 2.47. The van der Waals surface area contributed by atoms with Gasteiger partial charge in [-0.25, -0.2) is 14.2 Å². The third kappa shape index (κ3) is 3.68. The minimum Gasteiger partial charge on any atom is -0.346 e. The fourth-order valence-electron chi connectivity index (χ4n) is 5.14. The molecule has 1 atom stereocenters. The maximum absolute atomic E-state index is 13.5. The third-order valence-electron chi connectivity index (χ3n) is 6.74. The Morgan fingerprint density at radius 1 is 1.03 bits per heavy atom. The molecule has 2 aromatic rings. The standard InChI is InChI=1S/C25H31F3N5P/c1-7-33(8-2)34(30-19-13-11-12-18(16-19)25(26,27)28)22(17-29-32(34)6)23-24(3,4)20-14-9-10-15-21(20)31(23)5/h9-17H,7-8H2,1-6H3/b23-22-/t34-/m0/s1. The van der Waals surface area contributed by atoms with Gasteiger partial charge in [0.1, 0.15) is 0 Å². The maximum Gasteiger partial charge on any atom is 0.416 e. The van der Waals surface area contributed by atoms with Gasteiger partial charge < -0.3 is 4.90 Å². The van der Waals surface area contributed by atoms with Gasteiger partial charge in [-0.1, -0.05) is 52.0 Å². The van der Waals surface area contributed by atoms with E-state index in [0.717, 1.165) is 28.8 Å². The van der Waals surface area contributed by atoms with Gasteiger partial charge in [-0.05, 0) is 29.8 Å². The molecule has 9 heteroatoms. The molecule has 0 aliphatic carbocycles. The highest BCUT2D eigenvalue weighted by molar-refractivity contribution is 7.67. The zero-order chi connectivity index (χ0) is 24.9. The number of benzene rings is 2. The summed E-state index contributed by atoms with van der Waals surface area (Å²) in [7, 11) is 1.22. The molecular weight excluding hydrogens is 458 g/mol. The molecule has 2 heterocycles. The van der Waals surface area contributed by atoms with Gasteiger partial charge in [-0.15, -0.1) is 0 Å². The molecule has 0 radical (unpaired) electrons. The molecule has 0 saturated carbocycles. The van der Waals surface area contributed by atoms with Crippen molar-refractivity contribution in [2.45, 2.75) is 39.3 Å². The summed E-state index contributed by atoms with van der Waals surface area (Å²) in [6.45, 7) is 9.86. The van der Waals surface area contributed by atoms with Crippen LogP contribution in [0.25, 0.3) is 0 Å². The van der Waals surface area contributed by atoms with Crippen LogP contribution in [0.4, 0.5) is 24.5 Å². The van der Waals surface area contributed by atoms with E-state index in [9.17, 15) is 13.2 Å². The number of hydrogen-bond donors (Lipinski definition) is 0. The molecule has 2 aliphatic rings. The van der Waals surface area contributed by atoms with E-state index in [2.05, 4.69) is 54.5 Å². The first kappa shape index (κ1) is 24.6. The summed E-state index contributed by atoms with van der Waals surface area (Å²) in [6, 6.07) is 13.6. The number of anilines is 1. The molecule has 0 spiro atoms. The van der Waals surface area contributed by atoms with Crippen LogP contribution in [0.1, 0.15) is 38.8 Å². The van der Waals surface area contributed by atoms with Crippen LogP contribution in [-0.4, -0.2) is 42.8 Å². The third-order valence-corrected chi connectivity index (χ3v) is 10.5. The van der Waals surface area contributed by atoms with Crippen molar-refractivity contribution in [1.82, 2.24) is 9.45 Å². The van der Waals surface area contributed by atoms with Gasteiger partial charge in [-0.3, -0.25) is 0 Å². The van der Waals surface area contributed by atoms with Crippen molar-refractivity contribution >= 4 is 24.9 Å². The molecule has 0 saturated heterocycles. The molecule has 0 fully saturated rings. The smallest absolute Gasteiger partial charge is 0.346 e. The van der Waals surface area contributed by atoms with Crippen LogP contribution >= 0.6 is 7.36 Å². The fourth-order valence-corrected chi connectivity index (χ4v) is 8.84. The van der Waals surface area contributed by atoms with Gasteiger partial charge >= 0.3 is 6.18 Å². The summed E-state index contributed by atoms with van der Waals surface area (Å²) in [6.07, 6.45) is -2.57. The summed E-state index contributed by atoms with van der Waals surface area (Å²) in [5.41, 5.74) is 2.70. The lowest BCUT2D eigenvalue weighted by Gasteiger charge is -2.39. The fraction of sp³-hybridized carbons (Fsp3) is 0.400. The van der Waals surface area contributed by atoms with E-state index in [1.54, 1.807) is 6.07 Å². The molecule has 0 bridgehead atoms. The van der Waals surface area contributed by atoms with Crippen LogP contribution < -0.4 is 4.90 Å². The Labute approximate surface area is 199 Å². The quantitative estimate of drug-likeness (QED) is 0.423. The van der Waals surface area contributed by atoms with Crippen molar-refractivity contribution in [3.8, 4) is 0 Å². The summed E-state index contributed by atoms with van der Waals surface area (Å²) in [5.74, 6) is 0. The largest absolute Gasteiger partial charge is 0.416 e. The molecule has 34 heavy (non-hydrogen) atoms. The molecular formula is C25H31F3N5P. The summed E-state index contributed by atoms with van der Waals surface area (Å²) < 4.78 is 49.7. The number of nitrogens with zero attached hydrogens (tertiary/aromatic N) is 5. The van der Waals surface area contributed by atoms with Crippen LogP contribution in [0.5, 0.6) is 0 Å². The zero-order valence-corrected chi connectivity index (χ0v) is 21.3. The lowest BCUT2D eigenvalue weighted by Crippen LogP contribution is -2.30. The van der Waals surface area contributed by atoms with Crippen LogP contribution in [0.15, 0.2) is 69.4 Å². The number of hydrogen-bond acceptors (Lipinski definition) is 3. The van der Waals surface area contributed by atoms with E-state index in [1.807, 2.05) is 37.2 Å². The second kappa shape index (κ2) is 8.58. The van der Waals surface area contributed by atoms with E-state index < -0.39 is 19.1 Å². The van der Waals surface area contributed by atoms with Gasteiger partial charge in [0.05, 0.1) is 22.8 Å². The lowest BCUT2D eigenvalue weighted by atomic mass is 9.84. The first-order chi connectivity index (χ1) is 16.0. The Bertz CT molecular complexity index is 1210. The van der Waals surface area contributed by atoms with E-state index in [1.165, 1.54) is 11.6 Å². The summed E-state index contributed by atoms with van der Waals surface area (Å²) >= 11 is 0. The molecule has 2 aliphatic heterocycles. The van der Waals surface area contributed by atoms with Crippen LogP contribution in [0, 0.1) is 0 Å². The van der Waals surface area contributed by atoms with Gasteiger partial charge in [0, 0.05) is 44.0 Å². The predicted octanol–water partition coefficient (Wildman–Crippen LogP) is 7.28. The topological polar surface area (TPSA) is 34.4 Å². The number of hydrazone groups is 1. The monoisotopic (exact) mass is 489 g/mol. The predicted molar refractivity (Wildman–Crippen MR) is 135 cm³/mol. The molecule has 4 rings (SSSR count). The number of halogens is 3. The van der Waals surface area contributed by atoms with Crippen molar-refractivity contribution in [2.75, 3.05) is 32.1 Å². The number of likely N-dealkylation sites (N-methyl/N-ethyl adjacent to an activating group) is 1. The number of para-hydroxylation sites is 1. The van der Waals surface area contributed by atoms with Crippen molar-refractivity contribution in [1.29, 1.82) is 0 Å². The van der Waals surface area contributed by atoms with Gasteiger partial charge in [-0.2, -0.15) is 18.3 Å². The van der Waals surface area contributed by atoms with Crippen LogP contribution in [-0.2, 0) is 11.6 Å². The zero-order valence-electron chi connectivity index (χ0n) is 20.4. The van der Waals surface area contributed by atoms with Crippen molar-refractivity contribution < 1.29 is 13.2 Å². The summed E-state index contributed by atoms with van der Waals surface area (Å²) in [5, 5.41) is 5.65. The Morgan fingerprint density at radius 2 is 1.71 bits per heavy atom.